The highest BCUT2D eigenvalue weighted by molar-refractivity contribution is 6.18. The van der Waals surface area contributed by atoms with Crippen LogP contribution in [0.2, 0.25) is 0 Å². The first-order chi connectivity index (χ1) is 7.17. The Morgan fingerprint density at radius 2 is 2.13 bits per heavy atom. The summed E-state index contributed by atoms with van der Waals surface area (Å²) in [6.07, 6.45) is 0. The van der Waals surface area contributed by atoms with Crippen LogP contribution in [0, 0.1) is 6.92 Å². The highest BCUT2D eigenvalue weighted by atomic mass is 35.5. The first-order valence-electron chi connectivity index (χ1n) is 5.05. The minimum atomic E-state index is 0.672. The molecule has 0 unspecified atom stereocenters. The van der Waals surface area contributed by atoms with Gasteiger partial charge in [0.25, 0.3) is 0 Å². The number of nitrogens with zero attached hydrogens (tertiary/aromatic N) is 1. The summed E-state index contributed by atoms with van der Waals surface area (Å²) in [4.78, 5) is 2.20. The van der Waals surface area contributed by atoms with Gasteiger partial charge in [0, 0.05) is 19.0 Å². The number of hydrogen-bond acceptors (Lipinski definition) is 2. The molecule has 0 aliphatic carbocycles. The summed E-state index contributed by atoms with van der Waals surface area (Å²) in [6, 6.07) is 6.26. The molecule has 0 aliphatic heterocycles. The molecule has 0 fully saturated rings. The van der Waals surface area contributed by atoms with Gasteiger partial charge in [-0.2, -0.15) is 0 Å². The molecule has 0 atom stereocenters. The Morgan fingerprint density at radius 1 is 1.40 bits per heavy atom. The molecule has 1 aromatic rings. The number of alkyl halides is 1. The van der Waals surface area contributed by atoms with Gasteiger partial charge < -0.3 is 9.64 Å². The van der Waals surface area contributed by atoms with Crippen molar-refractivity contribution in [3.05, 3.63) is 29.3 Å². The molecule has 1 rings (SSSR count). The molecule has 3 heteroatoms. The maximum atomic E-state index is 5.68. The lowest BCUT2D eigenvalue weighted by Crippen LogP contribution is -2.20. The Bertz CT molecular complexity index is 314. The Balaban J connectivity index is 2.66. The molecule has 0 aliphatic rings. The monoisotopic (exact) mass is 227 g/mol. The molecule has 1 aromatic carbocycles. The molecule has 0 amide bonds. The summed E-state index contributed by atoms with van der Waals surface area (Å²) >= 11 is 5.68. The van der Waals surface area contributed by atoms with Crippen molar-refractivity contribution in [2.24, 2.45) is 0 Å². The van der Waals surface area contributed by atoms with Crippen molar-refractivity contribution in [2.75, 3.05) is 26.6 Å². The number of ether oxygens (including phenoxy) is 1. The number of halogens is 1. The fourth-order valence-electron chi connectivity index (χ4n) is 1.57. The fourth-order valence-corrected chi connectivity index (χ4v) is 1.86. The van der Waals surface area contributed by atoms with E-state index >= 15 is 0 Å². The van der Waals surface area contributed by atoms with Gasteiger partial charge in [0.2, 0.25) is 0 Å². The van der Waals surface area contributed by atoms with Crippen LogP contribution in [-0.2, 0) is 6.54 Å². The highest BCUT2D eigenvalue weighted by Crippen LogP contribution is 2.19. The maximum absolute atomic E-state index is 5.68. The minimum Gasteiger partial charge on any atom is -0.496 e. The van der Waals surface area contributed by atoms with Crippen molar-refractivity contribution in [2.45, 2.75) is 13.5 Å². The quantitative estimate of drug-likeness (QED) is 0.718. The van der Waals surface area contributed by atoms with Crippen LogP contribution in [0.5, 0.6) is 5.75 Å². The molecule has 0 N–H and O–H groups in total. The number of aryl methyl sites for hydroxylation is 1. The van der Waals surface area contributed by atoms with Crippen molar-refractivity contribution in [1.29, 1.82) is 0 Å². The van der Waals surface area contributed by atoms with E-state index in [1.54, 1.807) is 7.11 Å². The Labute approximate surface area is 96.8 Å². The normalized spacial score (nSPS) is 10.7. The van der Waals surface area contributed by atoms with Crippen molar-refractivity contribution in [3.63, 3.8) is 0 Å². The zero-order valence-corrected chi connectivity index (χ0v) is 10.3. The molecular formula is C12H18ClNO. The van der Waals surface area contributed by atoms with Gasteiger partial charge in [-0.05, 0) is 31.2 Å². The second-order valence-electron chi connectivity index (χ2n) is 3.73. The maximum Gasteiger partial charge on any atom is 0.121 e. The van der Waals surface area contributed by atoms with Gasteiger partial charge in [-0.15, -0.1) is 11.6 Å². The van der Waals surface area contributed by atoms with Crippen LogP contribution in [0.1, 0.15) is 11.1 Å². The first-order valence-corrected chi connectivity index (χ1v) is 5.59. The van der Waals surface area contributed by atoms with E-state index in [2.05, 4.69) is 31.0 Å². The Hall–Kier alpha value is -0.730. The molecule has 15 heavy (non-hydrogen) atoms. The topological polar surface area (TPSA) is 12.5 Å². The third-order valence-electron chi connectivity index (χ3n) is 2.38. The van der Waals surface area contributed by atoms with E-state index in [0.29, 0.717) is 5.88 Å². The van der Waals surface area contributed by atoms with Crippen LogP contribution < -0.4 is 4.74 Å². The van der Waals surface area contributed by atoms with Gasteiger partial charge in [0.05, 0.1) is 7.11 Å². The van der Waals surface area contributed by atoms with Crippen LogP contribution in [0.25, 0.3) is 0 Å². The first kappa shape index (κ1) is 12.3. The number of benzene rings is 1. The summed E-state index contributed by atoms with van der Waals surface area (Å²) < 4.78 is 5.22. The van der Waals surface area contributed by atoms with E-state index in [-0.39, 0.29) is 0 Å². The summed E-state index contributed by atoms with van der Waals surface area (Å²) in [7, 11) is 3.77. The zero-order chi connectivity index (χ0) is 11.3. The summed E-state index contributed by atoms with van der Waals surface area (Å²) in [6.45, 7) is 3.90. The predicted molar refractivity (Wildman–Crippen MR) is 64.8 cm³/mol. The van der Waals surface area contributed by atoms with E-state index in [0.717, 1.165) is 18.8 Å². The lowest BCUT2D eigenvalue weighted by Gasteiger charge is -2.15. The van der Waals surface area contributed by atoms with Crippen LogP contribution in [0.4, 0.5) is 0 Å². The lowest BCUT2D eigenvalue weighted by molar-refractivity contribution is 0.347. The van der Waals surface area contributed by atoms with Gasteiger partial charge in [0.1, 0.15) is 5.75 Å². The van der Waals surface area contributed by atoms with E-state index in [9.17, 15) is 0 Å². The lowest BCUT2D eigenvalue weighted by atomic mass is 10.1. The van der Waals surface area contributed by atoms with Crippen molar-refractivity contribution >= 4 is 11.6 Å². The largest absolute Gasteiger partial charge is 0.496 e. The average Bonchev–Trinajstić information content (AvgIpc) is 2.18. The molecule has 0 bridgehead atoms. The molecule has 0 radical (unpaired) electrons. The molecule has 0 heterocycles. The molecule has 0 aromatic heterocycles. The van der Waals surface area contributed by atoms with Gasteiger partial charge in [-0.1, -0.05) is 12.1 Å². The molecule has 0 saturated heterocycles. The second-order valence-corrected chi connectivity index (χ2v) is 4.11. The Morgan fingerprint density at radius 3 is 2.67 bits per heavy atom. The number of hydrogen-bond donors (Lipinski definition) is 0. The van der Waals surface area contributed by atoms with Crippen LogP contribution >= 0.6 is 11.6 Å². The van der Waals surface area contributed by atoms with E-state index < -0.39 is 0 Å². The molecular weight excluding hydrogens is 210 g/mol. The third-order valence-corrected chi connectivity index (χ3v) is 2.55. The summed E-state index contributed by atoms with van der Waals surface area (Å²) in [5, 5.41) is 0. The van der Waals surface area contributed by atoms with Crippen LogP contribution in [-0.4, -0.2) is 31.5 Å². The smallest absolute Gasteiger partial charge is 0.121 e. The molecule has 84 valence electrons. The van der Waals surface area contributed by atoms with E-state index in [4.69, 9.17) is 16.3 Å². The van der Waals surface area contributed by atoms with Crippen LogP contribution in [0.3, 0.4) is 0 Å². The molecule has 0 saturated carbocycles. The van der Waals surface area contributed by atoms with Crippen molar-refractivity contribution in [1.82, 2.24) is 4.90 Å². The predicted octanol–water partition coefficient (Wildman–Crippen LogP) is 2.67. The SMILES string of the molecule is COc1ccc(CN(C)CCCl)cc1C. The Kier molecular flexibility index (Phi) is 4.92. The van der Waals surface area contributed by atoms with Gasteiger partial charge in [-0.25, -0.2) is 0 Å². The number of methoxy groups -OCH3 is 1. The summed E-state index contributed by atoms with van der Waals surface area (Å²) in [5.41, 5.74) is 2.47. The molecule has 0 spiro atoms. The third kappa shape index (κ3) is 3.73. The second kappa shape index (κ2) is 5.99. The standard InChI is InChI=1S/C12H18ClNO/c1-10-8-11(4-5-12(10)15-3)9-14(2)7-6-13/h4-5,8H,6-7,9H2,1-3H3. The van der Waals surface area contributed by atoms with Gasteiger partial charge >= 0.3 is 0 Å². The average molecular weight is 228 g/mol. The van der Waals surface area contributed by atoms with Gasteiger partial charge in [-0.3, -0.25) is 0 Å². The van der Waals surface area contributed by atoms with Gasteiger partial charge in [0.15, 0.2) is 0 Å². The van der Waals surface area contributed by atoms with Crippen molar-refractivity contribution < 1.29 is 4.74 Å². The molecule has 2 nitrogen and oxygen atoms in total. The number of rotatable bonds is 5. The van der Waals surface area contributed by atoms with Crippen LogP contribution in [0.15, 0.2) is 18.2 Å². The zero-order valence-electron chi connectivity index (χ0n) is 9.59. The van der Waals surface area contributed by atoms with E-state index in [1.807, 2.05) is 6.07 Å². The minimum absolute atomic E-state index is 0.672. The van der Waals surface area contributed by atoms with E-state index in [1.165, 1.54) is 11.1 Å². The highest BCUT2D eigenvalue weighted by Gasteiger charge is 2.02. The fraction of sp³-hybridized carbons (Fsp3) is 0.500. The van der Waals surface area contributed by atoms with Crippen molar-refractivity contribution in [3.8, 4) is 5.75 Å². The summed E-state index contributed by atoms with van der Waals surface area (Å²) in [5.74, 6) is 1.62.